The lowest BCUT2D eigenvalue weighted by atomic mass is 9.72. The van der Waals surface area contributed by atoms with E-state index in [2.05, 4.69) is 17.9 Å². The van der Waals surface area contributed by atoms with Gasteiger partial charge in [-0.05, 0) is 24.5 Å². The van der Waals surface area contributed by atoms with Crippen molar-refractivity contribution >= 4 is 31.5 Å². The first kappa shape index (κ1) is 15.4. The number of fused-ring (bicyclic) bond motifs is 1. The number of rotatable bonds is 1. The Morgan fingerprint density at radius 2 is 2.26 bits per heavy atom. The van der Waals surface area contributed by atoms with Gasteiger partial charge in [0.15, 0.2) is 0 Å². The average molecular weight is 283 g/mol. The Morgan fingerprint density at radius 1 is 1.63 bits per heavy atom. The van der Waals surface area contributed by atoms with Crippen LogP contribution in [0.5, 0.6) is 5.75 Å². The van der Waals surface area contributed by atoms with E-state index in [4.69, 9.17) is 14.6 Å². The molecule has 0 aromatic heterocycles. The quantitative estimate of drug-likeness (QED) is 0.345. The van der Waals surface area contributed by atoms with E-state index in [1.165, 1.54) is 0 Å². The molecular weight excluding hydrogens is 269 g/mol. The van der Waals surface area contributed by atoms with Crippen LogP contribution in [-0.2, 0) is 11.2 Å². The SMILES string of the molecule is Cc1cccc2c1OB(O)C(NC(=O)S)C2.O=CO. The molecule has 0 radical (unpaired) electrons. The highest BCUT2D eigenvalue weighted by molar-refractivity contribution is 7.96. The van der Waals surface area contributed by atoms with Crippen LogP contribution >= 0.6 is 12.6 Å². The van der Waals surface area contributed by atoms with Crippen molar-refractivity contribution in [3.05, 3.63) is 29.3 Å². The molecule has 19 heavy (non-hydrogen) atoms. The van der Waals surface area contributed by atoms with E-state index in [1.807, 2.05) is 25.1 Å². The van der Waals surface area contributed by atoms with Gasteiger partial charge in [0, 0.05) is 0 Å². The van der Waals surface area contributed by atoms with E-state index in [0.29, 0.717) is 12.2 Å². The molecule has 6 nitrogen and oxygen atoms in total. The number of nitrogens with one attached hydrogen (secondary N) is 1. The van der Waals surface area contributed by atoms with E-state index in [-0.39, 0.29) is 6.47 Å². The molecule has 1 atom stereocenters. The van der Waals surface area contributed by atoms with Gasteiger partial charge in [0.05, 0.1) is 5.94 Å². The number of thiol groups is 1. The third kappa shape index (κ3) is 4.18. The highest BCUT2D eigenvalue weighted by Gasteiger charge is 2.35. The third-order valence-corrected chi connectivity index (χ3v) is 2.75. The predicted octanol–water partition coefficient (Wildman–Crippen LogP) is 0.658. The minimum Gasteiger partial charge on any atom is -0.534 e. The molecule has 0 fully saturated rings. The summed E-state index contributed by atoms with van der Waals surface area (Å²) in [7, 11) is -1.02. The van der Waals surface area contributed by atoms with Gasteiger partial charge in [0.25, 0.3) is 11.7 Å². The van der Waals surface area contributed by atoms with Crippen LogP contribution in [0, 0.1) is 6.92 Å². The molecule has 0 bridgehead atoms. The van der Waals surface area contributed by atoms with E-state index in [1.54, 1.807) is 0 Å². The lowest BCUT2D eigenvalue weighted by Crippen LogP contribution is -2.52. The number of amides is 1. The summed E-state index contributed by atoms with van der Waals surface area (Å²) in [6.45, 7) is 1.67. The lowest BCUT2D eigenvalue weighted by Gasteiger charge is -2.28. The van der Waals surface area contributed by atoms with Gasteiger partial charge in [-0.2, -0.15) is 0 Å². The third-order valence-electron chi connectivity index (χ3n) is 2.62. The predicted molar refractivity (Wildman–Crippen MR) is 73.5 cm³/mol. The molecule has 0 aliphatic carbocycles. The largest absolute Gasteiger partial charge is 0.547 e. The molecule has 8 heteroatoms. The Labute approximate surface area is 116 Å². The fraction of sp³-hybridized carbons (Fsp3) is 0.273. The fourth-order valence-electron chi connectivity index (χ4n) is 1.86. The molecule has 102 valence electrons. The van der Waals surface area contributed by atoms with Crippen molar-refractivity contribution in [2.45, 2.75) is 19.3 Å². The number of para-hydroxylation sites is 1. The molecule has 1 amide bonds. The summed E-state index contributed by atoms with van der Waals surface area (Å²) in [5.41, 5.74) is 1.96. The van der Waals surface area contributed by atoms with Crippen LogP contribution in [0.1, 0.15) is 11.1 Å². The number of aryl methyl sites for hydroxylation is 1. The maximum Gasteiger partial charge on any atom is 0.547 e. The Bertz CT molecular complexity index is 470. The van der Waals surface area contributed by atoms with Gasteiger partial charge >= 0.3 is 7.12 Å². The second-order valence-electron chi connectivity index (χ2n) is 3.94. The zero-order chi connectivity index (χ0) is 14.4. The van der Waals surface area contributed by atoms with Crippen molar-refractivity contribution in [3.8, 4) is 5.75 Å². The molecule has 3 N–H and O–H groups in total. The Morgan fingerprint density at radius 3 is 2.84 bits per heavy atom. The van der Waals surface area contributed by atoms with Crippen molar-refractivity contribution in [3.63, 3.8) is 0 Å². The molecule has 1 aliphatic heterocycles. The van der Waals surface area contributed by atoms with Crippen LogP contribution in [0.15, 0.2) is 18.2 Å². The number of carbonyl (C=O) groups is 2. The van der Waals surface area contributed by atoms with Gasteiger partial charge in [0.2, 0.25) is 0 Å². The van der Waals surface area contributed by atoms with Crippen molar-refractivity contribution in [2.75, 3.05) is 0 Å². The highest BCUT2D eigenvalue weighted by Crippen LogP contribution is 2.29. The van der Waals surface area contributed by atoms with Gasteiger partial charge in [-0.3, -0.25) is 9.59 Å². The summed E-state index contributed by atoms with van der Waals surface area (Å²) in [5.74, 6) is 0.263. The summed E-state index contributed by atoms with van der Waals surface area (Å²) in [4.78, 5) is 19.2. The number of carbonyl (C=O) groups excluding carboxylic acids is 1. The summed E-state index contributed by atoms with van der Waals surface area (Å²) in [6.07, 6.45) is 0.546. The Hall–Kier alpha value is -1.67. The summed E-state index contributed by atoms with van der Waals surface area (Å²) >= 11 is 3.62. The average Bonchev–Trinajstić information content (AvgIpc) is 2.32. The molecule has 1 aromatic rings. The highest BCUT2D eigenvalue weighted by atomic mass is 32.1. The number of carboxylic acid groups (broad SMARTS) is 1. The normalized spacial score (nSPS) is 16.4. The first-order chi connectivity index (χ1) is 8.99. The van der Waals surface area contributed by atoms with Crippen LogP contribution in [0.2, 0.25) is 0 Å². The fourth-order valence-corrected chi connectivity index (χ4v) is 2.03. The number of hydrogen-bond donors (Lipinski definition) is 4. The van der Waals surface area contributed by atoms with Gasteiger partial charge in [-0.15, -0.1) is 0 Å². The molecule has 1 unspecified atom stereocenters. The first-order valence-corrected chi connectivity index (χ1v) is 5.94. The zero-order valence-corrected chi connectivity index (χ0v) is 11.1. The molecule has 1 aromatic carbocycles. The molecule has 2 rings (SSSR count). The van der Waals surface area contributed by atoms with Crippen LogP contribution in [0.4, 0.5) is 4.79 Å². The first-order valence-electron chi connectivity index (χ1n) is 5.50. The number of hydrogen-bond acceptors (Lipinski definition) is 4. The van der Waals surface area contributed by atoms with Gasteiger partial charge in [-0.1, -0.05) is 30.8 Å². The lowest BCUT2D eigenvalue weighted by molar-refractivity contribution is -0.122. The van der Waals surface area contributed by atoms with Crippen molar-refractivity contribution < 1.29 is 24.4 Å². The summed E-state index contributed by atoms with van der Waals surface area (Å²) in [5, 5.41) is 18.7. The van der Waals surface area contributed by atoms with Gasteiger partial charge in [0.1, 0.15) is 5.75 Å². The topological polar surface area (TPSA) is 95.9 Å². The van der Waals surface area contributed by atoms with Crippen LogP contribution in [0.25, 0.3) is 0 Å². The number of benzene rings is 1. The minimum atomic E-state index is -1.02. The van der Waals surface area contributed by atoms with E-state index < -0.39 is 18.3 Å². The molecule has 1 heterocycles. The molecule has 1 aliphatic rings. The standard InChI is InChI=1S/C10H12BNO3S.CH2O2/c1-6-3-2-4-7-5-8(12-10(13)16)11(14)15-9(6)7;2-1-3/h2-4,8,14H,5H2,1H3,(H2,12,13,16);1H,(H,2,3). The summed E-state index contributed by atoms with van der Waals surface area (Å²) < 4.78 is 5.38. The molecular formula is C11H14BNO5S. The van der Waals surface area contributed by atoms with Crippen LogP contribution < -0.4 is 9.97 Å². The van der Waals surface area contributed by atoms with Gasteiger partial charge in [-0.25, -0.2) is 0 Å². The summed E-state index contributed by atoms with van der Waals surface area (Å²) in [6, 6.07) is 5.77. The Kier molecular flexibility index (Phi) is 5.72. The van der Waals surface area contributed by atoms with Crippen molar-refractivity contribution in [1.29, 1.82) is 0 Å². The maximum atomic E-state index is 10.8. The van der Waals surface area contributed by atoms with Crippen molar-refractivity contribution in [1.82, 2.24) is 5.32 Å². The molecule has 0 saturated heterocycles. The van der Waals surface area contributed by atoms with E-state index >= 15 is 0 Å². The van der Waals surface area contributed by atoms with Crippen LogP contribution in [0.3, 0.4) is 0 Å². The molecule has 0 spiro atoms. The molecule has 0 saturated carbocycles. The zero-order valence-electron chi connectivity index (χ0n) is 10.2. The second-order valence-corrected chi connectivity index (χ2v) is 4.34. The van der Waals surface area contributed by atoms with Crippen molar-refractivity contribution in [2.24, 2.45) is 0 Å². The minimum absolute atomic E-state index is 0.250. The Balaban J connectivity index is 0.000000550. The second kappa shape index (κ2) is 7.05. The van der Waals surface area contributed by atoms with E-state index in [9.17, 15) is 9.82 Å². The van der Waals surface area contributed by atoms with Crippen LogP contribution in [-0.4, -0.2) is 34.9 Å². The maximum absolute atomic E-state index is 10.8. The smallest absolute Gasteiger partial charge is 0.534 e. The van der Waals surface area contributed by atoms with E-state index in [0.717, 1.165) is 11.1 Å². The monoisotopic (exact) mass is 283 g/mol. The van der Waals surface area contributed by atoms with Gasteiger partial charge < -0.3 is 20.1 Å².